The average Bonchev–Trinajstić information content (AvgIpc) is 2.37. The Kier molecular flexibility index (Phi) is 5.39. The number of hydrogen-bond donors (Lipinski definition) is 1. The van der Waals surface area contributed by atoms with Gasteiger partial charge >= 0.3 is 0 Å². The second-order valence-corrected chi connectivity index (χ2v) is 6.91. The summed E-state index contributed by atoms with van der Waals surface area (Å²) >= 11 is 11.2. The van der Waals surface area contributed by atoms with E-state index in [0.717, 1.165) is 11.0 Å². The van der Waals surface area contributed by atoms with Crippen LogP contribution in [0.5, 0.6) is 0 Å². The number of rotatable bonds is 3. The van der Waals surface area contributed by atoms with Crippen LogP contribution in [0.15, 0.2) is 22.7 Å². The van der Waals surface area contributed by atoms with Crippen molar-refractivity contribution in [3.63, 3.8) is 0 Å². The van der Waals surface area contributed by atoms with Gasteiger partial charge in [-0.05, 0) is 64.4 Å². The summed E-state index contributed by atoms with van der Waals surface area (Å²) in [5.74, 6) is 3.02. The van der Waals surface area contributed by atoms with E-state index in [4.69, 9.17) is 11.6 Å². The molecule has 0 spiro atoms. The Labute approximate surface area is 125 Å². The molecule has 98 valence electrons. The standard InChI is InChI=1S/C13H15BrClNOS/c14-12-7-10(15)1-2-11(12)13(17)16-8-9-3-5-18-6-4-9/h1-2,7,9H,3-6,8H2,(H,16,17). The summed E-state index contributed by atoms with van der Waals surface area (Å²) < 4.78 is 0.742. The summed E-state index contributed by atoms with van der Waals surface area (Å²) in [6, 6.07) is 5.23. The van der Waals surface area contributed by atoms with Crippen LogP contribution in [0.1, 0.15) is 23.2 Å². The highest BCUT2D eigenvalue weighted by Crippen LogP contribution is 2.23. The first-order chi connectivity index (χ1) is 8.66. The summed E-state index contributed by atoms with van der Waals surface area (Å²) in [4.78, 5) is 12.0. The summed E-state index contributed by atoms with van der Waals surface area (Å²) in [5.41, 5.74) is 0.643. The van der Waals surface area contributed by atoms with Crippen molar-refractivity contribution in [2.45, 2.75) is 12.8 Å². The molecule has 0 bridgehead atoms. The molecule has 0 aliphatic carbocycles. The van der Waals surface area contributed by atoms with E-state index in [9.17, 15) is 4.79 Å². The molecule has 0 aromatic heterocycles. The minimum atomic E-state index is -0.0308. The van der Waals surface area contributed by atoms with Crippen LogP contribution in [-0.2, 0) is 0 Å². The van der Waals surface area contributed by atoms with E-state index < -0.39 is 0 Å². The largest absolute Gasteiger partial charge is 0.352 e. The zero-order valence-corrected chi connectivity index (χ0v) is 13.1. The minimum Gasteiger partial charge on any atom is -0.352 e. The molecule has 0 unspecified atom stereocenters. The summed E-state index contributed by atoms with van der Waals surface area (Å²) in [6.45, 7) is 0.772. The third-order valence-electron chi connectivity index (χ3n) is 3.07. The van der Waals surface area contributed by atoms with Crippen molar-refractivity contribution >= 4 is 45.2 Å². The van der Waals surface area contributed by atoms with Gasteiger partial charge in [-0.3, -0.25) is 4.79 Å². The van der Waals surface area contributed by atoms with Crippen LogP contribution in [0.4, 0.5) is 0 Å². The molecule has 1 aliphatic heterocycles. The van der Waals surface area contributed by atoms with Crippen molar-refractivity contribution in [3.05, 3.63) is 33.3 Å². The van der Waals surface area contributed by atoms with Crippen molar-refractivity contribution in [1.82, 2.24) is 5.32 Å². The lowest BCUT2D eigenvalue weighted by molar-refractivity contribution is 0.0945. The molecule has 2 nitrogen and oxygen atoms in total. The molecule has 1 N–H and O–H groups in total. The van der Waals surface area contributed by atoms with Crippen LogP contribution in [0, 0.1) is 5.92 Å². The molecule has 5 heteroatoms. The number of hydrogen-bond acceptors (Lipinski definition) is 2. The number of benzene rings is 1. The topological polar surface area (TPSA) is 29.1 Å². The zero-order valence-electron chi connectivity index (χ0n) is 9.92. The van der Waals surface area contributed by atoms with Crippen LogP contribution in [0.3, 0.4) is 0 Å². The van der Waals surface area contributed by atoms with Gasteiger partial charge in [-0.25, -0.2) is 0 Å². The Morgan fingerprint density at radius 3 is 2.83 bits per heavy atom. The van der Waals surface area contributed by atoms with E-state index >= 15 is 0 Å². The van der Waals surface area contributed by atoms with E-state index in [-0.39, 0.29) is 5.91 Å². The van der Waals surface area contributed by atoms with Crippen molar-refractivity contribution in [3.8, 4) is 0 Å². The molecule has 18 heavy (non-hydrogen) atoms. The van der Waals surface area contributed by atoms with Crippen molar-refractivity contribution in [2.75, 3.05) is 18.1 Å². The number of thioether (sulfide) groups is 1. The molecule has 1 aliphatic rings. The lowest BCUT2D eigenvalue weighted by Gasteiger charge is -2.21. The number of nitrogens with one attached hydrogen (secondary N) is 1. The van der Waals surface area contributed by atoms with Gasteiger partial charge in [-0.1, -0.05) is 11.6 Å². The summed E-state index contributed by atoms with van der Waals surface area (Å²) in [7, 11) is 0. The maximum Gasteiger partial charge on any atom is 0.252 e. The summed E-state index contributed by atoms with van der Waals surface area (Å²) in [6.07, 6.45) is 2.40. The van der Waals surface area contributed by atoms with Gasteiger partial charge in [0.05, 0.1) is 5.56 Å². The predicted octanol–water partition coefficient (Wildman–Crippen LogP) is 3.98. The molecule has 1 aromatic carbocycles. The van der Waals surface area contributed by atoms with E-state index in [1.165, 1.54) is 24.3 Å². The molecular weight excluding hydrogens is 334 g/mol. The Bertz CT molecular complexity index is 435. The number of halogens is 2. The second kappa shape index (κ2) is 6.83. The van der Waals surface area contributed by atoms with E-state index in [0.29, 0.717) is 16.5 Å². The third kappa shape index (κ3) is 3.90. The quantitative estimate of drug-likeness (QED) is 0.895. The van der Waals surface area contributed by atoms with Crippen LogP contribution in [0.2, 0.25) is 5.02 Å². The van der Waals surface area contributed by atoms with E-state index in [1.54, 1.807) is 18.2 Å². The number of carbonyl (C=O) groups is 1. The van der Waals surface area contributed by atoms with Crippen molar-refractivity contribution in [2.24, 2.45) is 5.92 Å². The Morgan fingerprint density at radius 1 is 1.44 bits per heavy atom. The predicted molar refractivity (Wildman–Crippen MR) is 81.5 cm³/mol. The maximum atomic E-state index is 12.0. The smallest absolute Gasteiger partial charge is 0.252 e. The molecule has 2 rings (SSSR count). The first-order valence-electron chi connectivity index (χ1n) is 5.98. The van der Waals surface area contributed by atoms with Crippen LogP contribution in [-0.4, -0.2) is 24.0 Å². The Balaban J connectivity index is 1.90. The normalized spacial score (nSPS) is 16.6. The molecule has 0 atom stereocenters. The Hall–Kier alpha value is -0.190. The average molecular weight is 349 g/mol. The highest BCUT2D eigenvalue weighted by atomic mass is 79.9. The molecule has 0 radical (unpaired) electrons. The molecule has 1 heterocycles. The molecule has 1 amide bonds. The van der Waals surface area contributed by atoms with Gasteiger partial charge in [0, 0.05) is 16.0 Å². The molecule has 1 aromatic rings. The van der Waals surface area contributed by atoms with Crippen molar-refractivity contribution in [1.29, 1.82) is 0 Å². The number of amides is 1. The van der Waals surface area contributed by atoms with Crippen molar-refractivity contribution < 1.29 is 4.79 Å². The first kappa shape index (κ1) is 14.2. The van der Waals surface area contributed by atoms with Gasteiger partial charge in [0.15, 0.2) is 0 Å². The zero-order chi connectivity index (χ0) is 13.0. The molecule has 1 saturated heterocycles. The van der Waals surface area contributed by atoms with E-state index in [1.807, 2.05) is 11.8 Å². The lowest BCUT2D eigenvalue weighted by atomic mass is 10.0. The third-order valence-corrected chi connectivity index (χ3v) is 5.01. The van der Waals surface area contributed by atoms with Gasteiger partial charge < -0.3 is 5.32 Å². The molecule has 1 fully saturated rings. The van der Waals surface area contributed by atoms with Gasteiger partial charge in [-0.15, -0.1) is 0 Å². The molecular formula is C13H15BrClNOS. The minimum absolute atomic E-state index is 0.0308. The van der Waals surface area contributed by atoms with Crippen LogP contribution in [0.25, 0.3) is 0 Å². The van der Waals surface area contributed by atoms with E-state index in [2.05, 4.69) is 21.2 Å². The first-order valence-corrected chi connectivity index (χ1v) is 8.30. The lowest BCUT2D eigenvalue weighted by Crippen LogP contribution is -2.31. The van der Waals surface area contributed by atoms with Crippen LogP contribution >= 0.6 is 39.3 Å². The second-order valence-electron chi connectivity index (χ2n) is 4.39. The van der Waals surface area contributed by atoms with Gasteiger partial charge in [0.25, 0.3) is 5.91 Å². The fourth-order valence-corrected chi connectivity index (χ4v) is 4.02. The van der Waals surface area contributed by atoms with Gasteiger partial charge in [0.2, 0.25) is 0 Å². The van der Waals surface area contributed by atoms with Gasteiger partial charge in [-0.2, -0.15) is 11.8 Å². The molecule has 0 saturated carbocycles. The summed E-state index contributed by atoms with van der Waals surface area (Å²) in [5, 5.41) is 3.64. The maximum absolute atomic E-state index is 12.0. The van der Waals surface area contributed by atoms with Crippen LogP contribution < -0.4 is 5.32 Å². The fourth-order valence-electron chi connectivity index (χ4n) is 1.96. The highest BCUT2D eigenvalue weighted by molar-refractivity contribution is 9.10. The highest BCUT2D eigenvalue weighted by Gasteiger charge is 2.16. The number of carbonyl (C=O) groups excluding carboxylic acids is 1. The fraction of sp³-hybridized carbons (Fsp3) is 0.462. The van der Waals surface area contributed by atoms with Gasteiger partial charge in [0.1, 0.15) is 0 Å². The SMILES string of the molecule is O=C(NCC1CCSCC1)c1ccc(Cl)cc1Br. The Morgan fingerprint density at radius 2 is 2.17 bits per heavy atom. The monoisotopic (exact) mass is 347 g/mol.